The van der Waals surface area contributed by atoms with E-state index in [0.717, 1.165) is 12.1 Å². The summed E-state index contributed by atoms with van der Waals surface area (Å²) < 4.78 is 17.9. The molecular weight excluding hydrogens is 283 g/mol. The van der Waals surface area contributed by atoms with Crippen molar-refractivity contribution in [2.45, 2.75) is 12.8 Å². The van der Waals surface area contributed by atoms with Crippen LogP contribution >= 0.6 is 0 Å². The van der Waals surface area contributed by atoms with E-state index >= 15 is 0 Å². The fourth-order valence-electron chi connectivity index (χ4n) is 1.67. The molecule has 0 radical (unpaired) electrons. The average molecular weight is 298 g/mol. The summed E-state index contributed by atoms with van der Waals surface area (Å²) in [6, 6.07) is 2.97. The van der Waals surface area contributed by atoms with Crippen molar-refractivity contribution < 1.29 is 23.6 Å². The van der Waals surface area contributed by atoms with Gasteiger partial charge in [-0.15, -0.1) is 0 Å². The predicted octanol–water partition coefficient (Wildman–Crippen LogP) is 1.76. The van der Waals surface area contributed by atoms with E-state index in [-0.39, 0.29) is 24.5 Å². The lowest BCUT2D eigenvalue weighted by Gasteiger charge is -2.16. The second kappa shape index (κ2) is 7.32. The zero-order valence-corrected chi connectivity index (χ0v) is 11.7. The molecule has 0 atom stereocenters. The normalized spacial score (nSPS) is 10.0. The van der Waals surface area contributed by atoms with Gasteiger partial charge in [0.2, 0.25) is 5.82 Å². The molecule has 0 N–H and O–H groups in total. The minimum Gasteiger partial charge on any atom is -0.469 e. The molecule has 0 aliphatic rings. The number of nitro benzene ring substituents is 1. The van der Waals surface area contributed by atoms with Crippen LogP contribution in [0.5, 0.6) is 0 Å². The number of nitrogens with zero attached hydrogens (tertiary/aromatic N) is 2. The molecule has 21 heavy (non-hydrogen) atoms. The van der Waals surface area contributed by atoms with Crippen LogP contribution in [0, 0.1) is 15.9 Å². The Kier molecular flexibility index (Phi) is 5.77. The van der Waals surface area contributed by atoms with Crippen molar-refractivity contribution in [3.63, 3.8) is 0 Å². The van der Waals surface area contributed by atoms with Gasteiger partial charge in [0.1, 0.15) is 0 Å². The molecule has 0 aliphatic carbocycles. The Morgan fingerprint density at radius 2 is 2.10 bits per heavy atom. The smallest absolute Gasteiger partial charge is 0.305 e. The average Bonchev–Trinajstić information content (AvgIpc) is 2.45. The van der Waals surface area contributed by atoms with E-state index in [1.807, 2.05) is 0 Å². The number of amides is 1. The zero-order chi connectivity index (χ0) is 16.0. The first-order valence-electron chi connectivity index (χ1n) is 6.13. The minimum atomic E-state index is -1.06. The number of hydrogen-bond acceptors (Lipinski definition) is 5. The third-order valence-electron chi connectivity index (χ3n) is 2.84. The van der Waals surface area contributed by atoms with Crippen LogP contribution in [0.1, 0.15) is 23.2 Å². The van der Waals surface area contributed by atoms with Crippen LogP contribution in [0.25, 0.3) is 0 Å². The van der Waals surface area contributed by atoms with Gasteiger partial charge in [0.15, 0.2) is 0 Å². The summed E-state index contributed by atoms with van der Waals surface area (Å²) in [6.07, 6.45) is 0.577. The van der Waals surface area contributed by atoms with Gasteiger partial charge in [0.25, 0.3) is 5.91 Å². The van der Waals surface area contributed by atoms with E-state index in [9.17, 15) is 24.1 Å². The number of carbonyl (C=O) groups excluding carboxylic acids is 2. The third-order valence-corrected chi connectivity index (χ3v) is 2.84. The fourth-order valence-corrected chi connectivity index (χ4v) is 1.67. The highest BCUT2D eigenvalue weighted by atomic mass is 19.1. The molecule has 1 aromatic carbocycles. The highest BCUT2D eigenvalue weighted by Gasteiger charge is 2.18. The highest BCUT2D eigenvalue weighted by molar-refractivity contribution is 5.94. The molecule has 1 amide bonds. The maximum absolute atomic E-state index is 13.5. The number of benzene rings is 1. The molecule has 1 aromatic rings. The van der Waals surface area contributed by atoms with Gasteiger partial charge in [-0.05, 0) is 18.6 Å². The first-order chi connectivity index (χ1) is 9.86. The Morgan fingerprint density at radius 1 is 1.43 bits per heavy atom. The van der Waals surface area contributed by atoms with Gasteiger partial charge in [-0.2, -0.15) is 4.39 Å². The number of halogens is 1. The molecule has 1 rings (SSSR count). The molecule has 0 aromatic heterocycles. The van der Waals surface area contributed by atoms with Gasteiger partial charge in [0.05, 0.1) is 12.0 Å². The summed E-state index contributed by atoms with van der Waals surface area (Å²) >= 11 is 0. The van der Waals surface area contributed by atoms with Crippen molar-refractivity contribution >= 4 is 17.6 Å². The maximum atomic E-state index is 13.5. The van der Waals surface area contributed by atoms with E-state index in [1.165, 1.54) is 25.1 Å². The fraction of sp³-hybridized carbons (Fsp3) is 0.385. The van der Waals surface area contributed by atoms with E-state index in [1.54, 1.807) is 0 Å². The van der Waals surface area contributed by atoms with Crippen LogP contribution in [0.2, 0.25) is 0 Å². The topological polar surface area (TPSA) is 89.8 Å². The largest absolute Gasteiger partial charge is 0.469 e. The molecule has 0 spiro atoms. The summed E-state index contributed by atoms with van der Waals surface area (Å²) in [5.74, 6) is -1.92. The maximum Gasteiger partial charge on any atom is 0.305 e. The molecule has 8 heteroatoms. The standard InChI is InChI=1S/C13H15FN2O5/c1-15(7-3-4-12(17)21-2)13(18)9-5-6-11(16(19)20)10(14)8-9/h5-6,8H,3-4,7H2,1-2H3. The summed E-state index contributed by atoms with van der Waals surface area (Å²) in [5, 5.41) is 10.5. The third kappa shape index (κ3) is 4.51. The highest BCUT2D eigenvalue weighted by Crippen LogP contribution is 2.18. The predicted molar refractivity (Wildman–Crippen MR) is 71.3 cm³/mol. The van der Waals surface area contributed by atoms with Crippen molar-refractivity contribution in [3.05, 3.63) is 39.7 Å². The molecule has 0 saturated heterocycles. The van der Waals surface area contributed by atoms with Gasteiger partial charge in [-0.25, -0.2) is 0 Å². The summed E-state index contributed by atoms with van der Waals surface area (Å²) in [4.78, 5) is 33.9. The van der Waals surface area contributed by atoms with E-state index in [4.69, 9.17) is 0 Å². The van der Waals surface area contributed by atoms with Crippen LogP contribution in [-0.4, -0.2) is 42.4 Å². The number of ether oxygens (including phenoxy) is 1. The van der Waals surface area contributed by atoms with Crippen molar-refractivity contribution in [2.75, 3.05) is 20.7 Å². The van der Waals surface area contributed by atoms with Crippen molar-refractivity contribution in [1.29, 1.82) is 0 Å². The van der Waals surface area contributed by atoms with E-state index in [2.05, 4.69) is 4.74 Å². The second-order valence-electron chi connectivity index (χ2n) is 4.33. The number of rotatable bonds is 6. The van der Waals surface area contributed by atoms with Crippen LogP contribution in [-0.2, 0) is 9.53 Å². The zero-order valence-electron chi connectivity index (χ0n) is 11.7. The Balaban J connectivity index is 2.68. The lowest BCUT2D eigenvalue weighted by molar-refractivity contribution is -0.387. The number of hydrogen-bond donors (Lipinski definition) is 0. The molecule has 7 nitrogen and oxygen atoms in total. The SMILES string of the molecule is COC(=O)CCCN(C)C(=O)c1ccc([N+](=O)[O-])c(F)c1. The number of carbonyl (C=O) groups is 2. The molecule has 114 valence electrons. The number of methoxy groups -OCH3 is 1. The minimum absolute atomic E-state index is 0.0127. The molecule has 0 heterocycles. The Morgan fingerprint density at radius 3 is 2.62 bits per heavy atom. The molecule has 0 aliphatic heterocycles. The second-order valence-corrected chi connectivity index (χ2v) is 4.33. The first kappa shape index (κ1) is 16.5. The van der Waals surface area contributed by atoms with Gasteiger partial charge >= 0.3 is 11.7 Å². The Labute approximate surface area is 120 Å². The summed E-state index contributed by atoms with van der Waals surface area (Å²) in [6.45, 7) is 0.284. The Bertz CT molecular complexity index is 561. The summed E-state index contributed by atoms with van der Waals surface area (Å²) in [7, 11) is 2.77. The molecule has 0 bridgehead atoms. The van der Waals surface area contributed by atoms with Crippen molar-refractivity contribution in [3.8, 4) is 0 Å². The van der Waals surface area contributed by atoms with E-state index < -0.39 is 22.3 Å². The van der Waals surface area contributed by atoms with Gasteiger partial charge in [-0.3, -0.25) is 19.7 Å². The Hall–Kier alpha value is -2.51. The molecule has 0 unspecified atom stereocenters. The van der Waals surface area contributed by atoms with Gasteiger partial charge in [-0.1, -0.05) is 0 Å². The molecular formula is C13H15FN2O5. The first-order valence-corrected chi connectivity index (χ1v) is 6.13. The monoisotopic (exact) mass is 298 g/mol. The van der Waals surface area contributed by atoms with Gasteiger partial charge in [0, 0.05) is 31.6 Å². The van der Waals surface area contributed by atoms with E-state index in [0.29, 0.717) is 6.42 Å². The van der Waals surface area contributed by atoms with Gasteiger partial charge < -0.3 is 9.64 Å². The van der Waals surface area contributed by atoms with Crippen molar-refractivity contribution in [1.82, 2.24) is 4.90 Å². The van der Waals surface area contributed by atoms with Crippen LogP contribution < -0.4 is 0 Å². The van der Waals surface area contributed by atoms with Crippen molar-refractivity contribution in [2.24, 2.45) is 0 Å². The number of nitro groups is 1. The number of esters is 1. The van der Waals surface area contributed by atoms with Crippen LogP contribution in [0.4, 0.5) is 10.1 Å². The lowest BCUT2D eigenvalue weighted by atomic mass is 10.1. The van der Waals surface area contributed by atoms with Crippen LogP contribution in [0.3, 0.4) is 0 Å². The molecule has 0 saturated carbocycles. The van der Waals surface area contributed by atoms with Crippen LogP contribution in [0.15, 0.2) is 18.2 Å². The quantitative estimate of drug-likeness (QED) is 0.453. The molecule has 0 fully saturated rings. The summed E-state index contributed by atoms with van der Waals surface area (Å²) in [5.41, 5.74) is -0.668. The lowest BCUT2D eigenvalue weighted by Crippen LogP contribution is -2.28.